The molecule has 1 aliphatic heterocycles. The van der Waals surface area contributed by atoms with Crippen LogP contribution in [0.4, 0.5) is 11.4 Å². The van der Waals surface area contributed by atoms with Crippen LogP contribution in [-0.2, 0) is 0 Å². The van der Waals surface area contributed by atoms with Crippen molar-refractivity contribution in [2.24, 2.45) is 0 Å². The molecule has 0 fully saturated rings. The van der Waals surface area contributed by atoms with Gasteiger partial charge in [-0.1, -0.05) is 6.07 Å². The van der Waals surface area contributed by atoms with Gasteiger partial charge in [0.05, 0.1) is 7.11 Å². The summed E-state index contributed by atoms with van der Waals surface area (Å²) in [5.41, 5.74) is 1.53. The van der Waals surface area contributed by atoms with Gasteiger partial charge in [0.1, 0.15) is 11.4 Å². The van der Waals surface area contributed by atoms with Gasteiger partial charge in [0.15, 0.2) is 11.5 Å². The summed E-state index contributed by atoms with van der Waals surface area (Å²) in [6.45, 7) is 0.156. The molecule has 146 valence electrons. The number of hydrogen-bond donors (Lipinski definition) is 2. The van der Waals surface area contributed by atoms with E-state index < -0.39 is 5.91 Å². The molecule has 2 amide bonds. The number of fused-ring (bicyclic) bond motifs is 1. The van der Waals surface area contributed by atoms with Gasteiger partial charge in [0.25, 0.3) is 11.8 Å². The Morgan fingerprint density at radius 3 is 2.59 bits per heavy atom. The fraction of sp³-hybridized carbons (Fsp3) is 0.0952. The van der Waals surface area contributed by atoms with Crippen molar-refractivity contribution in [2.75, 3.05) is 24.5 Å². The topological polar surface area (TPSA) is 98.8 Å². The SMILES string of the molecule is COc1cccc(NC(=O)c2cc(C(=O)Nc3ccc4c(c3)OCO4)ccn2)c1. The molecule has 0 saturated heterocycles. The number of ether oxygens (including phenoxy) is 3. The van der Waals surface area contributed by atoms with Crippen LogP contribution in [0.1, 0.15) is 20.8 Å². The fourth-order valence-corrected chi connectivity index (χ4v) is 2.77. The third-order valence-corrected chi connectivity index (χ3v) is 4.21. The van der Waals surface area contributed by atoms with Crippen molar-refractivity contribution >= 4 is 23.2 Å². The Kier molecular flexibility index (Phi) is 4.98. The predicted octanol–water partition coefficient (Wildman–Crippen LogP) is 3.32. The van der Waals surface area contributed by atoms with Crippen LogP contribution in [0.2, 0.25) is 0 Å². The lowest BCUT2D eigenvalue weighted by Gasteiger charge is -2.09. The van der Waals surface area contributed by atoms with Crippen LogP contribution in [-0.4, -0.2) is 30.7 Å². The smallest absolute Gasteiger partial charge is 0.274 e. The Hall–Kier alpha value is -4.07. The number of carbonyl (C=O) groups is 2. The molecule has 29 heavy (non-hydrogen) atoms. The van der Waals surface area contributed by atoms with E-state index in [-0.39, 0.29) is 18.4 Å². The second-order valence-electron chi connectivity index (χ2n) is 6.14. The van der Waals surface area contributed by atoms with E-state index in [4.69, 9.17) is 14.2 Å². The summed E-state index contributed by atoms with van der Waals surface area (Å²) in [6.07, 6.45) is 1.41. The van der Waals surface area contributed by atoms with E-state index in [1.165, 1.54) is 18.3 Å². The first-order chi connectivity index (χ1) is 14.1. The molecule has 8 nitrogen and oxygen atoms in total. The first-order valence-corrected chi connectivity index (χ1v) is 8.75. The quantitative estimate of drug-likeness (QED) is 0.692. The minimum atomic E-state index is -0.434. The molecule has 4 rings (SSSR count). The standard InChI is InChI=1S/C21H17N3O5/c1-27-16-4-2-3-14(10-16)24-21(26)17-9-13(7-8-22-17)20(25)23-15-5-6-18-19(11-15)29-12-28-18/h2-11H,12H2,1H3,(H,23,25)(H,24,26). The highest BCUT2D eigenvalue weighted by Gasteiger charge is 2.16. The number of nitrogens with one attached hydrogen (secondary N) is 2. The van der Waals surface area contributed by atoms with Crippen molar-refractivity contribution in [1.29, 1.82) is 0 Å². The van der Waals surface area contributed by atoms with Crippen LogP contribution in [0.15, 0.2) is 60.8 Å². The van der Waals surface area contributed by atoms with Crippen molar-refractivity contribution in [3.63, 3.8) is 0 Å². The number of benzene rings is 2. The normalized spacial score (nSPS) is 11.6. The van der Waals surface area contributed by atoms with Crippen LogP contribution >= 0.6 is 0 Å². The first-order valence-electron chi connectivity index (χ1n) is 8.75. The number of anilines is 2. The number of methoxy groups -OCH3 is 1. The van der Waals surface area contributed by atoms with Crippen molar-refractivity contribution in [3.8, 4) is 17.2 Å². The average molecular weight is 391 g/mol. The van der Waals surface area contributed by atoms with E-state index in [1.807, 2.05) is 0 Å². The summed E-state index contributed by atoms with van der Waals surface area (Å²) in [5.74, 6) is 1.00. The number of nitrogens with zero attached hydrogens (tertiary/aromatic N) is 1. The molecule has 0 radical (unpaired) electrons. The maximum absolute atomic E-state index is 12.6. The van der Waals surface area contributed by atoms with Gasteiger partial charge in [-0.15, -0.1) is 0 Å². The molecule has 0 aliphatic carbocycles. The van der Waals surface area contributed by atoms with Gasteiger partial charge in [-0.3, -0.25) is 14.6 Å². The average Bonchev–Trinajstić information content (AvgIpc) is 3.22. The first kappa shape index (κ1) is 18.3. The van der Waals surface area contributed by atoms with Gasteiger partial charge >= 0.3 is 0 Å². The molecular weight excluding hydrogens is 374 g/mol. The molecule has 8 heteroatoms. The molecule has 1 aromatic heterocycles. The minimum absolute atomic E-state index is 0.117. The summed E-state index contributed by atoms with van der Waals surface area (Å²) < 4.78 is 15.7. The molecule has 2 N–H and O–H groups in total. The number of rotatable bonds is 5. The Labute approximate surface area is 166 Å². The van der Waals surface area contributed by atoms with Gasteiger partial charge in [-0.25, -0.2) is 0 Å². The number of carbonyl (C=O) groups excluding carboxylic acids is 2. The summed E-state index contributed by atoms with van der Waals surface area (Å²) >= 11 is 0. The fourth-order valence-electron chi connectivity index (χ4n) is 2.77. The Bertz CT molecular complexity index is 1080. The summed E-state index contributed by atoms with van der Waals surface area (Å²) in [4.78, 5) is 29.1. The largest absolute Gasteiger partial charge is 0.497 e. The molecule has 3 aromatic rings. The zero-order chi connectivity index (χ0) is 20.2. The molecule has 2 heterocycles. The van der Waals surface area contributed by atoms with E-state index in [2.05, 4.69) is 15.6 Å². The summed E-state index contributed by atoms with van der Waals surface area (Å²) in [7, 11) is 1.55. The van der Waals surface area contributed by atoms with Crippen molar-refractivity contribution in [2.45, 2.75) is 0 Å². The number of pyridine rings is 1. The van der Waals surface area contributed by atoms with E-state index in [9.17, 15) is 9.59 Å². The maximum Gasteiger partial charge on any atom is 0.274 e. The van der Waals surface area contributed by atoms with E-state index in [1.54, 1.807) is 49.6 Å². The van der Waals surface area contributed by atoms with Crippen molar-refractivity contribution in [1.82, 2.24) is 4.98 Å². The molecule has 0 spiro atoms. The third kappa shape index (κ3) is 4.11. The van der Waals surface area contributed by atoms with Gasteiger partial charge in [0.2, 0.25) is 6.79 Å². The lowest BCUT2D eigenvalue weighted by Crippen LogP contribution is -2.17. The number of hydrogen-bond acceptors (Lipinski definition) is 6. The maximum atomic E-state index is 12.6. The zero-order valence-corrected chi connectivity index (χ0v) is 15.5. The number of amides is 2. The molecule has 2 aromatic carbocycles. The summed E-state index contributed by atoms with van der Waals surface area (Å²) in [6, 6.07) is 15.0. The third-order valence-electron chi connectivity index (χ3n) is 4.21. The van der Waals surface area contributed by atoms with Crippen molar-refractivity contribution in [3.05, 3.63) is 72.1 Å². The lowest BCUT2D eigenvalue weighted by molar-refractivity contribution is 0.102. The Morgan fingerprint density at radius 1 is 0.931 bits per heavy atom. The number of aromatic nitrogens is 1. The second-order valence-corrected chi connectivity index (χ2v) is 6.14. The van der Waals surface area contributed by atoms with Crippen LogP contribution in [0.25, 0.3) is 0 Å². The lowest BCUT2D eigenvalue weighted by atomic mass is 10.2. The molecule has 0 bridgehead atoms. The highest BCUT2D eigenvalue weighted by molar-refractivity contribution is 6.08. The molecule has 0 atom stereocenters. The van der Waals surface area contributed by atoms with E-state index >= 15 is 0 Å². The van der Waals surface area contributed by atoms with E-state index in [0.717, 1.165) is 0 Å². The zero-order valence-electron chi connectivity index (χ0n) is 15.5. The van der Waals surface area contributed by atoms with Crippen molar-refractivity contribution < 1.29 is 23.8 Å². The van der Waals surface area contributed by atoms with Gasteiger partial charge in [-0.05, 0) is 36.4 Å². The second kappa shape index (κ2) is 7.89. The molecule has 0 unspecified atom stereocenters. The Morgan fingerprint density at radius 2 is 1.72 bits per heavy atom. The van der Waals surface area contributed by atoms with E-state index in [0.29, 0.717) is 34.2 Å². The molecule has 0 saturated carbocycles. The van der Waals surface area contributed by atoms with Gasteiger partial charge in [0, 0.05) is 35.3 Å². The predicted molar refractivity (Wildman–Crippen MR) is 106 cm³/mol. The van der Waals surface area contributed by atoms with Crippen LogP contribution in [0, 0.1) is 0 Å². The molecule has 1 aliphatic rings. The van der Waals surface area contributed by atoms with Crippen LogP contribution < -0.4 is 24.8 Å². The van der Waals surface area contributed by atoms with Crippen LogP contribution in [0.3, 0.4) is 0 Å². The Balaban J connectivity index is 1.47. The molecular formula is C21H17N3O5. The van der Waals surface area contributed by atoms with Gasteiger partial charge < -0.3 is 24.8 Å². The van der Waals surface area contributed by atoms with Gasteiger partial charge in [-0.2, -0.15) is 0 Å². The van der Waals surface area contributed by atoms with Crippen LogP contribution in [0.5, 0.6) is 17.2 Å². The summed E-state index contributed by atoms with van der Waals surface area (Å²) in [5, 5.41) is 5.50. The highest BCUT2D eigenvalue weighted by atomic mass is 16.7. The highest BCUT2D eigenvalue weighted by Crippen LogP contribution is 2.34. The minimum Gasteiger partial charge on any atom is -0.497 e. The monoisotopic (exact) mass is 391 g/mol.